The van der Waals surface area contributed by atoms with Gasteiger partial charge >= 0.3 is 0 Å². The van der Waals surface area contributed by atoms with Gasteiger partial charge in [0.15, 0.2) is 0 Å². The summed E-state index contributed by atoms with van der Waals surface area (Å²) in [6.07, 6.45) is 10.7. The monoisotopic (exact) mass is 719 g/mol. The molecule has 2 saturated heterocycles. The maximum absolute atomic E-state index is 14.7. The molecular formula is C40H58ClN7O3. The van der Waals surface area contributed by atoms with E-state index in [2.05, 4.69) is 34.6 Å². The fourth-order valence-corrected chi connectivity index (χ4v) is 8.44. The Hall–Kier alpha value is -3.18. The molecule has 3 aliphatic heterocycles. The number of amides is 2. The molecule has 6 rings (SSSR count). The van der Waals surface area contributed by atoms with E-state index in [0.29, 0.717) is 43.1 Å². The summed E-state index contributed by atoms with van der Waals surface area (Å²) in [6.45, 7) is 7.81. The number of likely N-dealkylation sites (tertiary alicyclic amines) is 1. The van der Waals surface area contributed by atoms with Gasteiger partial charge in [-0.2, -0.15) is 0 Å². The predicted molar refractivity (Wildman–Crippen MR) is 203 cm³/mol. The van der Waals surface area contributed by atoms with Crippen LogP contribution in [0.1, 0.15) is 88.4 Å². The van der Waals surface area contributed by atoms with E-state index in [0.717, 1.165) is 69.2 Å². The molecule has 278 valence electrons. The minimum Gasteiger partial charge on any atom is -0.455 e. The SMILES string of the molecule is C[C@@H]1N=C(N2CCN(C(=O)[C@@H](CCCCN3CCCCC3)NC3CCC(CN)CC3)[C@H](C(=O)NCc3cccc(Cl)c3)C2)O[C@H]1c1ccccc1. The van der Waals surface area contributed by atoms with Gasteiger partial charge in [-0.1, -0.05) is 66.9 Å². The number of hydrogen-bond acceptors (Lipinski definition) is 8. The number of unbranched alkanes of at least 4 members (excludes halogenated alkanes) is 1. The zero-order chi connectivity index (χ0) is 35.6. The van der Waals surface area contributed by atoms with Gasteiger partial charge in [-0.15, -0.1) is 0 Å². The van der Waals surface area contributed by atoms with Crippen LogP contribution in [0.5, 0.6) is 0 Å². The fraction of sp³-hybridized carbons (Fsp3) is 0.625. The number of nitrogens with one attached hydrogen (secondary N) is 2. The third kappa shape index (κ3) is 10.2. The Bertz CT molecular complexity index is 1450. The second kappa shape index (κ2) is 18.5. The van der Waals surface area contributed by atoms with Crippen molar-refractivity contribution in [1.29, 1.82) is 0 Å². The molecule has 2 amide bonds. The quantitative estimate of drug-likeness (QED) is 0.247. The van der Waals surface area contributed by atoms with Crippen LogP contribution in [0.4, 0.5) is 0 Å². The molecule has 3 heterocycles. The van der Waals surface area contributed by atoms with E-state index < -0.39 is 6.04 Å². The number of piperazine rings is 1. The number of rotatable bonds is 13. The maximum atomic E-state index is 14.7. The van der Waals surface area contributed by atoms with Crippen molar-refractivity contribution in [3.8, 4) is 0 Å². The molecule has 0 bridgehead atoms. The van der Waals surface area contributed by atoms with Crippen molar-refractivity contribution in [2.45, 2.75) is 108 Å². The molecule has 1 aliphatic carbocycles. The van der Waals surface area contributed by atoms with Crippen LogP contribution in [-0.4, -0.2) is 103 Å². The van der Waals surface area contributed by atoms with Crippen molar-refractivity contribution in [1.82, 2.24) is 25.3 Å². The number of nitrogens with zero attached hydrogens (tertiary/aromatic N) is 4. The second-order valence-electron chi connectivity index (χ2n) is 15.0. The molecule has 51 heavy (non-hydrogen) atoms. The van der Waals surface area contributed by atoms with Crippen molar-refractivity contribution in [3.63, 3.8) is 0 Å². The molecule has 0 radical (unpaired) electrons. The van der Waals surface area contributed by atoms with Crippen LogP contribution in [-0.2, 0) is 20.9 Å². The smallest absolute Gasteiger partial charge is 0.288 e. The summed E-state index contributed by atoms with van der Waals surface area (Å²) in [7, 11) is 0. The fourth-order valence-electron chi connectivity index (χ4n) is 8.22. The predicted octanol–water partition coefficient (Wildman–Crippen LogP) is 5.12. The zero-order valence-electron chi connectivity index (χ0n) is 30.4. The van der Waals surface area contributed by atoms with E-state index in [-0.39, 0.29) is 36.0 Å². The van der Waals surface area contributed by atoms with Gasteiger partial charge in [-0.05, 0) is 114 Å². The first-order chi connectivity index (χ1) is 24.9. The van der Waals surface area contributed by atoms with Crippen molar-refractivity contribution in [3.05, 3.63) is 70.7 Å². The number of amidine groups is 1. The maximum Gasteiger partial charge on any atom is 0.288 e. The number of ether oxygens (including phenoxy) is 1. The van der Waals surface area contributed by atoms with Gasteiger partial charge in [0.05, 0.1) is 18.6 Å². The van der Waals surface area contributed by atoms with E-state index in [1.165, 1.54) is 32.4 Å². The number of benzene rings is 2. The number of aliphatic imine (C=N–C) groups is 1. The summed E-state index contributed by atoms with van der Waals surface area (Å²) in [5.41, 5.74) is 7.98. The standard InChI is InChI=1S/C40H58ClN7O3/c1-29-37(32-12-4-2-5-13-32)51-40(44-29)47-23-24-48(36(28-47)38(49)43-27-31-11-10-14-33(41)25-31)39(50)35(45-34-18-16-30(26-42)17-19-34)15-6-9-22-46-20-7-3-8-21-46/h2,4-5,10-14,25,29-30,34-37,45H,3,6-9,15-24,26-28,42H2,1H3,(H,43,49)/t29-,30?,34?,35+,36-,37+/m0/s1. The highest BCUT2D eigenvalue weighted by molar-refractivity contribution is 6.30. The van der Waals surface area contributed by atoms with E-state index in [9.17, 15) is 9.59 Å². The van der Waals surface area contributed by atoms with Gasteiger partial charge in [0, 0.05) is 30.7 Å². The van der Waals surface area contributed by atoms with Gasteiger partial charge in [-0.3, -0.25) is 9.59 Å². The van der Waals surface area contributed by atoms with E-state index in [4.69, 9.17) is 27.1 Å². The Kier molecular flexibility index (Phi) is 13.7. The number of carbonyl (C=O) groups is 2. The Balaban J connectivity index is 1.17. The molecule has 3 fully saturated rings. The molecular weight excluding hydrogens is 662 g/mol. The molecule has 1 saturated carbocycles. The van der Waals surface area contributed by atoms with Gasteiger partial charge in [0.1, 0.15) is 12.1 Å². The van der Waals surface area contributed by atoms with Gasteiger partial charge in [0.25, 0.3) is 6.02 Å². The lowest BCUT2D eigenvalue weighted by molar-refractivity contribution is -0.145. The summed E-state index contributed by atoms with van der Waals surface area (Å²) in [5.74, 6) is 0.389. The molecule has 2 aromatic rings. The molecule has 11 heteroatoms. The molecule has 4 N–H and O–H groups in total. The Morgan fingerprint density at radius 2 is 1.76 bits per heavy atom. The summed E-state index contributed by atoms with van der Waals surface area (Å²) in [5, 5.41) is 7.54. The van der Waals surface area contributed by atoms with Crippen molar-refractivity contribution in [2.24, 2.45) is 16.6 Å². The molecule has 2 aromatic carbocycles. The molecule has 0 spiro atoms. The highest BCUT2D eigenvalue weighted by Crippen LogP contribution is 2.31. The lowest BCUT2D eigenvalue weighted by atomic mass is 9.85. The number of nitrogens with two attached hydrogens (primary N) is 1. The van der Waals surface area contributed by atoms with Crippen molar-refractivity contribution < 1.29 is 14.3 Å². The number of hydrogen-bond donors (Lipinski definition) is 3. The average Bonchev–Trinajstić information content (AvgIpc) is 3.57. The minimum atomic E-state index is -0.701. The molecule has 4 aliphatic rings. The minimum absolute atomic E-state index is 0.0151. The zero-order valence-corrected chi connectivity index (χ0v) is 31.1. The average molecular weight is 720 g/mol. The molecule has 0 aromatic heterocycles. The van der Waals surface area contributed by atoms with Gasteiger partial charge in [-0.25, -0.2) is 4.99 Å². The van der Waals surface area contributed by atoms with Crippen molar-refractivity contribution >= 4 is 29.4 Å². The van der Waals surface area contributed by atoms with Crippen LogP contribution in [0, 0.1) is 5.92 Å². The van der Waals surface area contributed by atoms with Crippen LogP contribution >= 0.6 is 11.6 Å². The van der Waals surface area contributed by atoms with E-state index in [1.807, 2.05) is 52.3 Å². The van der Waals surface area contributed by atoms with Crippen LogP contribution in [0.15, 0.2) is 59.6 Å². The number of piperidine rings is 1. The summed E-state index contributed by atoms with van der Waals surface area (Å²) in [4.78, 5) is 40.1. The van der Waals surface area contributed by atoms with Crippen LogP contribution in [0.2, 0.25) is 5.02 Å². The van der Waals surface area contributed by atoms with Gasteiger partial charge < -0.3 is 35.8 Å². The Morgan fingerprint density at radius 1 is 0.980 bits per heavy atom. The van der Waals surface area contributed by atoms with Crippen LogP contribution in [0.3, 0.4) is 0 Å². The summed E-state index contributed by atoms with van der Waals surface area (Å²) < 4.78 is 6.45. The highest BCUT2D eigenvalue weighted by atomic mass is 35.5. The lowest BCUT2D eigenvalue weighted by Crippen LogP contribution is -2.64. The number of halogens is 1. The van der Waals surface area contributed by atoms with Gasteiger partial charge in [0.2, 0.25) is 11.8 Å². The third-order valence-electron chi connectivity index (χ3n) is 11.3. The Morgan fingerprint density at radius 3 is 2.51 bits per heavy atom. The molecule has 4 atom stereocenters. The highest BCUT2D eigenvalue weighted by Gasteiger charge is 2.42. The van der Waals surface area contributed by atoms with Crippen LogP contribution < -0.4 is 16.4 Å². The first kappa shape index (κ1) is 37.6. The lowest BCUT2D eigenvalue weighted by Gasteiger charge is -2.42. The van der Waals surface area contributed by atoms with Crippen molar-refractivity contribution in [2.75, 3.05) is 45.8 Å². The molecule has 10 nitrogen and oxygen atoms in total. The third-order valence-corrected chi connectivity index (χ3v) is 11.5. The summed E-state index contributed by atoms with van der Waals surface area (Å²) in [6, 6.07) is 17.3. The largest absolute Gasteiger partial charge is 0.455 e. The molecule has 0 unspecified atom stereocenters. The Labute approximate surface area is 309 Å². The normalized spacial score (nSPS) is 26.3. The second-order valence-corrected chi connectivity index (χ2v) is 15.4. The first-order valence-corrected chi connectivity index (χ1v) is 19.8. The summed E-state index contributed by atoms with van der Waals surface area (Å²) >= 11 is 6.25. The first-order valence-electron chi connectivity index (χ1n) is 19.4. The number of carbonyl (C=O) groups excluding carboxylic acids is 2. The topological polar surface area (TPSA) is 116 Å². The van der Waals surface area contributed by atoms with Crippen LogP contribution in [0.25, 0.3) is 0 Å². The van der Waals surface area contributed by atoms with E-state index >= 15 is 0 Å². The van der Waals surface area contributed by atoms with E-state index in [1.54, 1.807) is 0 Å².